The van der Waals surface area contributed by atoms with Gasteiger partial charge in [-0.3, -0.25) is 4.79 Å². The molecule has 1 N–H and O–H groups in total. The highest BCUT2D eigenvalue weighted by Crippen LogP contribution is 2.32. The Morgan fingerprint density at radius 3 is 2.96 bits per heavy atom. The zero-order valence-corrected chi connectivity index (χ0v) is 15.4. The third-order valence-electron chi connectivity index (χ3n) is 4.45. The average Bonchev–Trinajstić information content (AvgIpc) is 2.60. The zero-order chi connectivity index (χ0) is 17.4. The van der Waals surface area contributed by atoms with Gasteiger partial charge in [0.1, 0.15) is 12.1 Å². The molecule has 0 aliphatic carbocycles. The molecule has 1 amide bonds. The van der Waals surface area contributed by atoms with Crippen LogP contribution in [-0.2, 0) is 17.8 Å². The Bertz CT molecular complexity index is 973. The van der Waals surface area contributed by atoms with E-state index in [1.54, 1.807) is 13.3 Å². The van der Waals surface area contributed by atoms with Gasteiger partial charge >= 0.3 is 0 Å². The van der Waals surface area contributed by atoms with Gasteiger partial charge in [-0.1, -0.05) is 28.1 Å². The summed E-state index contributed by atoms with van der Waals surface area (Å²) in [4.78, 5) is 22.6. The summed E-state index contributed by atoms with van der Waals surface area (Å²) in [5.41, 5.74) is 4.29. The molecule has 2 aromatic carbocycles. The van der Waals surface area contributed by atoms with Gasteiger partial charge in [-0.15, -0.1) is 0 Å². The Kier molecular flexibility index (Phi) is 4.13. The molecule has 4 rings (SSSR count). The van der Waals surface area contributed by atoms with E-state index in [0.717, 1.165) is 46.4 Å². The summed E-state index contributed by atoms with van der Waals surface area (Å²) in [5, 5.41) is 3.98. The molecule has 0 radical (unpaired) electrons. The minimum atomic E-state index is -0.0394. The largest absolute Gasteiger partial charge is 0.351 e. The van der Waals surface area contributed by atoms with Crippen LogP contribution in [0.25, 0.3) is 10.9 Å². The van der Waals surface area contributed by atoms with Crippen molar-refractivity contribution in [3.63, 3.8) is 0 Å². The number of carbonyl (C=O) groups excluding carboxylic acids is 1. The van der Waals surface area contributed by atoms with Crippen molar-refractivity contribution in [2.24, 2.45) is 0 Å². The Morgan fingerprint density at radius 1 is 1.24 bits per heavy atom. The van der Waals surface area contributed by atoms with Gasteiger partial charge in [-0.05, 0) is 41.8 Å². The number of amides is 1. The molecule has 0 saturated carbocycles. The van der Waals surface area contributed by atoms with Crippen LogP contribution in [0.1, 0.15) is 18.1 Å². The van der Waals surface area contributed by atoms with Gasteiger partial charge in [0.2, 0.25) is 5.91 Å². The van der Waals surface area contributed by atoms with Crippen LogP contribution in [0.3, 0.4) is 0 Å². The number of fused-ring (bicyclic) bond motifs is 2. The Hall–Kier alpha value is -2.47. The first-order valence-electron chi connectivity index (χ1n) is 8.15. The summed E-state index contributed by atoms with van der Waals surface area (Å²) in [5.74, 6) is 0.907. The topological polar surface area (TPSA) is 58.1 Å². The van der Waals surface area contributed by atoms with Gasteiger partial charge in [0.25, 0.3) is 0 Å². The van der Waals surface area contributed by atoms with E-state index in [0.29, 0.717) is 0 Å². The van der Waals surface area contributed by atoms with Crippen molar-refractivity contribution in [1.29, 1.82) is 0 Å². The maximum atomic E-state index is 11.4. The molecule has 2 heterocycles. The molecule has 0 atom stereocenters. The second kappa shape index (κ2) is 6.44. The fraction of sp³-hybridized carbons (Fsp3) is 0.211. The molecule has 0 spiro atoms. The van der Waals surface area contributed by atoms with Crippen LogP contribution in [0.15, 0.2) is 47.2 Å². The summed E-state index contributed by atoms with van der Waals surface area (Å²) in [6.45, 7) is 3.16. The minimum absolute atomic E-state index is 0.0394. The molecular weight excluding hydrogens is 380 g/mol. The summed E-state index contributed by atoms with van der Waals surface area (Å²) < 4.78 is 1.02. The van der Waals surface area contributed by atoms with E-state index >= 15 is 0 Å². The maximum absolute atomic E-state index is 11.4. The van der Waals surface area contributed by atoms with Crippen molar-refractivity contribution in [3.8, 4) is 0 Å². The molecule has 25 heavy (non-hydrogen) atoms. The summed E-state index contributed by atoms with van der Waals surface area (Å²) in [7, 11) is 0. The number of nitrogens with one attached hydrogen (secondary N) is 1. The van der Waals surface area contributed by atoms with E-state index in [1.165, 1.54) is 11.1 Å². The van der Waals surface area contributed by atoms with E-state index in [-0.39, 0.29) is 5.91 Å². The summed E-state index contributed by atoms with van der Waals surface area (Å²) in [6.07, 6.45) is 2.49. The number of aromatic nitrogens is 2. The normalized spacial score (nSPS) is 13.6. The van der Waals surface area contributed by atoms with Crippen LogP contribution < -0.4 is 10.2 Å². The van der Waals surface area contributed by atoms with Crippen molar-refractivity contribution < 1.29 is 4.79 Å². The molecule has 1 aromatic heterocycles. The molecule has 126 valence electrons. The number of nitrogens with zero attached hydrogens (tertiary/aromatic N) is 3. The van der Waals surface area contributed by atoms with Crippen LogP contribution >= 0.6 is 15.9 Å². The maximum Gasteiger partial charge on any atom is 0.221 e. The number of hydrogen-bond acceptors (Lipinski definition) is 4. The zero-order valence-electron chi connectivity index (χ0n) is 13.8. The van der Waals surface area contributed by atoms with Gasteiger partial charge < -0.3 is 10.2 Å². The van der Waals surface area contributed by atoms with Crippen LogP contribution in [0.4, 0.5) is 11.5 Å². The predicted octanol–water partition coefficient (Wildman–Crippen LogP) is 3.91. The first-order chi connectivity index (χ1) is 12.1. The van der Waals surface area contributed by atoms with Crippen LogP contribution in [0.5, 0.6) is 0 Å². The first kappa shape index (κ1) is 16.0. The smallest absolute Gasteiger partial charge is 0.221 e. The predicted molar refractivity (Wildman–Crippen MR) is 103 cm³/mol. The van der Waals surface area contributed by atoms with Crippen LogP contribution in [-0.4, -0.2) is 22.4 Å². The Morgan fingerprint density at radius 2 is 2.12 bits per heavy atom. The van der Waals surface area contributed by atoms with E-state index in [2.05, 4.69) is 48.2 Å². The SMILES string of the molecule is CC(=O)Nc1cccc2c1CCN(c1ncnc3ccc(Br)cc13)C2. The number of carbonyl (C=O) groups is 1. The van der Waals surface area contributed by atoms with Gasteiger partial charge in [-0.2, -0.15) is 0 Å². The lowest BCUT2D eigenvalue weighted by molar-refractivity contribution is -0.114. The third-order valence-corrected chi connectivity index (χ3v) is 4.95. The molecule has 0 fully saturated rings. The van der Waals surface area contributed by atoms with Crippen LogP contribution in [0, 0.1) is 0 Å². The number of benzene rings is 2. The highest BCUT2D eigenvalue weighted by molar-refractivity contribution is 9.10. The quantitative estimate of drug-likeness (QED) is 0.713. The van der Waals surface area contributed by atoms with Crippen molar-refractivity contribution in [2.75, 3.05) is 16.8 Å². The van der Waals surface area contributed by atoms with Crippen molar-refractivity contribution >= 4 is 44.2 Å². The summed E-state index contributed by atoms with van der Waals surface area (Å²) >= 11 is 3.53. The standard InChI is InChI=1S/C19H17BrN4O/c1-12(25)23-18-4-2-3-13-10-24(8-7-15(13)18)19-16-9-14(20)5-6-17(16)21-11-22-19/h2-6,9,11H,7-8,10H2,1H3,(H,23,25). The monoisotopic (exact) mass is 396 g/mol. The molecule has 3 aromatic rings. The van der Waals surface area contributed by atoms with Crippen molar-refractivity contribution in [2.45, 2.75) is 19.9 Å². The fourth-order valence-electron chi connectivity index (χ4n) is 3.36. The Labute approximate surface area is 154 Å². The molecule has 6 heteroatoms. The van der Waals surface area contributed by atoms with Crippen LogP contribution in [0.2, 0.25) is 0 Å². The van der Waals surface area contributed by atoms with Gasteiger partial charge in [0.15, 0.2) is 0 Å². The van der Waals surface area contributed by atoms with E-state index in [4.69, 9.17) is 0 Å². The highest BCUT2D eigenvalue weighted by Gasteiger charge is 2.21. The van der Waals surface area contributed by atoms with Gasteiger partial charge in [0, 0.05) is 35.6 Å². The van der Waals surface area contributed by atoms with Gasteiger partial charge in [0.05, 0.1) is 5.52 Å². The fourth-order valence-corrected chi connectivity index (χ4v) is 3.73. The van der Waals surface area contributed by atoms with E-state index < -0.39 is 0 Å². The van der Waals surface area contributed by atoms with Gasteiger partial charge in [-0.25, -0.2) is 9.97 Å². The Balaban J connectivity index is 1.72. The molecule has 0 unspecified atom stereocenters. The third kappa shape index (κ3) is 3.09. The highest BCUT2D eigenvalue weighted by atomic mass is 79.9. The lowest BCUT2D eigenvalue weighted by Gasteiger charge is -2.31. The first-order valence-corrected chi connectivity index (χ1v) is 8.94. The lowest BCUT2D eigenvalue weighted by atomic mass is 9.97. The molecule has 5 nitrogen and oxygen atoms in total. The molecule has 0 saturated heterocycles. The van der Waals surface area contributed by atoms with E-state index in [1.807, 2.05) is 24.3 Å². The number of hydrogen-bond donors (Lipinski definition) is 1. The molecule has 0 bridgehead atoms. The number of halogens is 1. The second-order valence-electron chi connectivity index (χ2n) is 6.15. The number of rotatable bonds is 2. The van der Waals surface area contributed by atoms with Crippen molar-refractivity contribution in [3.05, 3.63) is 58.3 Å². The number of anilines is 2. The average molecular weight is 397 g/mol. The van der Waals surface area contributed by atoms with E-state index in [9.17, 15) is 4.79 Å². The lowest BCUT2D eigenvalue weighted by Crippen LogP contribution is -2.32. The molecule has 1 aliphatic heterocycles. The molecule has 1 aliphatic rings. The molecular formula is C19H17BrN4O. The van der Waals surface area contributed by atoms with Crippen molar-refractivity contribution in [1.82, 2.24) is 9.97 Å². The minimum Gasteiger partial charge on any atom is -0.351 e. The second-order valence-corrected chi connectivity index (χ2v) is 7.07. The summed E-state index contributed by atoms with van der Waals surface area (Å²) in [6, 6.07) is 12.1.